The molecule has 0 bridgehead atoms. The zero-order chi connectivity index (χ0) is 21.5. The highest BCUT2D eigenvalue weighted by molar-refractivity contribution is 7.08. The monoisotopic (exact) mass is 451 g/mol. The Balaban J connectivity index is 1.81. The molecular formula is C24H18ClNO4S. The van der Waals surface area contributed by atoms with Gasteiger partial charge in [0.1, 0.15) is 11.4 Å². The molecule has 0 atom stereocenters. The van der Waals surface area contributed by atoms with E-state index in [4.69, 9.17) is 21.1 Å². The van der Waals surface area contributed by atoms with E-state index in [9.17, 15) is 9.59 Å². The maximum atomic E-state index is 13.5. The number of hydrogen-bond acceptors (Lipinski definition) is 5. The van der Waals surface area contributed by atoms with E-state index in [1.54, 1.807) is 18.2 Å². The van der Waals surface area contributed by atoms with Crippen LogP contribution < -0.4 is 10.3 Å². The van der Waals surface area contributed by atoms with E-state index in [2.05, 4.69) is 0 Å². The molecule has 0 amide bonds. The number of thiophene rings is 1. The Morgan fingerprint density at radius 3 is 2.84 bits per heavy atom. The lowest BCUT2D eigenvalue weighted by Crippen LogP contribution is -2.28. The van der Waals surface area contributed by atoms with Crippen molar-refractivity contribution in [3.8, 4) is 16.9 Å². The molecule has 0 N–H and O–H groups in total. The highest BCUT2D eigenvalue weighted by Gasteiger charge is 2.25. The second-order valence-corrected chi connectivity index (χ2v) is 8.57. The molecule has 4 aromatic rings. The van der Waals surface area contributed by atoms with E-state index in [0.29, 0.717) is 28.0 Å². The van der Waals surface area contributed by atoms with Crippen LogP contribution in [0.25, 0.3) is 21.9 Å². The first-order valence-electron chi connectivity index (χ1n) is 9.78. The van der Waals surface area contributed by atoms with Crippen LogP contribution in [0.1, 0.15) is 21.6 Å². The Bertz CT molecular complexity index is 1370. The summed E-state index contributed by atoms with van der Waals surface area (Å²) in [4.78, 5) is 26.5. The average molecular weight is 452 g/mol. The van der Waals surface area contributed by atoms with Crippen LogP contribution in [0.15, 0.2) is 58.0 Å². The van der Waals surface area contributed by atoms with Crippen LogP contribution in [-0.4, -0.2) is 24.3 Å². The number of rotatable bonds is 4. The Morgan fingerprint density at radius 1 is 1.19 bits per heavy atom. The summed E-state index contributed by atoms with van der Waals surface area (Å²) < 4.78 is 12.2. The Morgan fingerprint density at radius 2 is 2.06 bits per heavy atom. The van der Waals surface area contributed by atoms with Crippen molar-refractivity contribution < 1.29 is 14.3 Å². The summed E-state index contributed by atoms with van der Waals surface area (Å²) in [5, 5.41) is 5.51. The van der Waals surface area contributed by atoms with Crippen LogP contribution in [0.3, 0.4) is 0 Å². The predicted molar refractivity (Wildman–Crippen MR) is 123 cm³/mol. The van der Waals surface area contributed by atoms with Crippen molar-refractivity contribution in [3.63, 3.8) is 0 Å². The maximum absolute atomic E-state index is 13.5. The molecule has 31 heavy (non-hydrogen) atoms. The molecule has 0 aliphatic carbocycles. The van der Waals surface area contributed by atoms with Crippen LogP contribution in [-0.2, 0) is 17.7 Å². The van der Waals surface area contributed by atoms with Crippen LogP contribution in [0.2, 0.25) is 5.02 Å². The smallest absolute Gasteiger partial charge is 0.355 e. The van der Waals surface area contributed by atoms with E-state index in [0.717, 1.165) is 28.9 Å². The summed E-state index contributed by atoms with van der Waals surface area (Å²) in [6.07, 6.45) is 0.832. The SMILES string of the molecule is COC(=O)c1c(-c2ccsc2)c2cc(Cl)ccc2c(=O)n1Cc1ccc2c(c1)CCO2. The van der Waals surface area contributed by atoms with Crippen LogP contribution in [0.5, 0.6) is 5.75 Å². The number of halogens is 1. The molecule has 0 saturated carbocycles. The van der Waals surface area contributed by atoms with E-state index in [1.807, 2.05) is 35.0 Å². The van der Waals surface area contributed by atoms with Crippen molar-refractivity contribution in [2.24, 2.45) is 0 Å². The Hall–Kier alpha value is -3.09. The summed E-state index contributed by atoms with van der Waals surface area (Å²) in [5.41, 5.74) is 3.47. The normalized spacial score (nSPS) is 12.6. The standard InChI is InChI=1S/C24H18ClNO4S/c1-29-24(28)22-21(16-7-9-31-13-16)19-11-17(25)3-4-18(19)23(27)26(22)12-14-2-5-20-15(10-14)6-8-30-20/h2-5,7,9-11,13H,6,8,12H2,1H3. The highest BCUT2D eigenvalue weighted by atomic mass is 35.5. The number of esters is 1. The number of aromatic nitrogens is 1. The second kappa shape index (κ2) is 7.87. The molecule has 1 aliphatic heterocycles. The number of pyridine rings is 1. The van der Waals surface area contributed by atoms with Gasteiger partial charge in [0, 0.05) is 22.4 Å². The molecule has 5 rings (SSSR count). The van der Waals surface area contributed by atoms with Crippen molar-refractivity contribution in [1.82, 2.24) is 4.57 Å². The molecule has 0 radical (unpaired) electrons. The van der Waals surface area contributed by atoms with Crippen LogP contribution in [0.4, 0.5) is 0 Å². The van der Waals surface area contributed by atoms with Gasteiger partial charge < -0.3 is 9.47 Å². The number of benzene rings is 2. The Kier molecular flexibility index (Phi) is 5.04. The molecular weight excluding hydrogens is 434 g/mol. The minimum Gasteiger partial charge on any atom is -0.493 e. The number of ether oxygens (including phenoxy) is 2. The van der Waals surface area contributed by atoms with Crippen LogP contribution >= 0.6 is 22.9 Å². The second-order valence-electron chi connectivity index (χ2n) is 7.35. The minimum absolute atomic E-state index is 0.220. The van der Waals surface area contributed by atoms with Crippen molar-refractivity contribution in [2.75, 3.05) is 13.7 Å². The van der Waals surface area contributed by atoms with E-state index >= 15 is 0 Å². The number of fused-ring (bicyclic) bond motifs is 2. The van der Waals surface area contributed by atoms with Crippen molar-refractivity contribution in [3.05, 3.63) is 85.4 Å². The van der Waals surface area contributed by atoms with Gasteiger partial charge in [0.25, 0.3) is 5.56 Å². The number of methoxy groups -OCH3 is 1. The first-order valence-corrected chi connectivity index (χ1v) is 11.1. The van der Waals surface area contributed by atoms with E-state index in [1.165, 1.54) is 23.0 Å². The van der Waals surface area contributed by atoms with Gasteiger partial charge in [0.05, 0.1) is 20.3 Å². The molecule has 156 valence electrons. The van der Waals surface area contributed by atoms with Gasteiger partial charge in [0.2, 0.25) is 0 Å². The summed E-state index contributed by atoms with van der Waals surface area (Å²) in [5.74, 6) is 0.307. The predicted octanol–water partition coefficient (Wildman–Crippen LogP) is 5.15. The fourth-order valence-corrected chi connectivity index (χ4v) is 4.92. The molecule has 2 aromatic heterocycles. The topological polar surface area (TPSA) is 57.5 Å². The molecule has 5 nitrogen and oxygen atoms in total. The average Bonchev–Trinajstić information content (AvgIpc) is 3.46. The van der Waals surface area contributed by atoms with Gasteiger partial charge in [-0.1, -0.05) is 23.7 Å². The molecule has 0 fully saturated rings. The molecule has 0 unspecified atom stereocenters. The van der Waals surface area contributed by atoms with Gasteiger partial charge in [-0.3, -0.25) is 9.36 Å². The summed E-state index contributed by atoms with van der Waals surface area (Å²) >= 11 is 7.78. The lowest BCUT2D eigenvalue weighted by molar-refractivity contribution is 0.0588. The van der Waals surface area contributed by atoms with Crippen molar-refractivity contribution >= 4 is 39.7 Å². The number of carbonyl (C=O) groups excluding carboxylic acids is 1. The minimum atomic E-state index is -0.565. The third kappa shape index (κ3) is 3.42. The number of carbonyl (C=O) groups is 1. The molecule has 0 spiro atoms. The highest BCUT2D eigenvalue weighted by Crippen LogP contribution is 2.34. The summed E-state index contributed by atoms with van der Waals surface area (Å²) in [6.45, 7) is 0.900. The van der Waals surface area contributed by atoms with Gasteiger partial charge in [-0.05, 0) is 63.2 Å². The van der Waals surface area contributed by atoms with Gasteiger partial charge in [-0.15, -0.1) is 0 Å². The fourth-order valence-electron chi connectivity index (χ4n) is 4.10. The van der Waals surface area contributed by atoms with Gasteiger partial charge in [-0.2, -0.15) is 11.3 Å². The maximum Gasteiger partial charge on any atom is 0.355 e. The molecule has 3 heterocycles. The largest absolute Gasteiger partial charge is 0.493 e. The van der Waals surface area contributed by atoms with Gasteiger partial charge >= 0.3 is 5.97 Å². The third-order valence-corrected chi connectivity index (χ3v) is 6.43. The third-order valence-electron chi connectivity index (χ3n) is 5.52. The first kappa shape index (κ1) is 19.8. The number of nitrogens with zero attached hydrogens (tertiary/aromatic N) is 1. The van der Waals surface area contributed by atoms with Crippen molar-refractivity contribution in [1.29, 1.82) is 0 Å². The van der Waals surface area contributed by atoms with Crippen molar-refractivity contribution in [2.45, 2.75) is 13.0 Å². The zero-order valence-electron chi connectivity index (χ0n) is 16.7. The Labute approximate surface area is 187 Å². The fraction of sp³-hybridized carbons (Fsp3) is 0.167. The molecule has 7 heteroatoms. The van der Waals surface area contributed by atoms with E-state index in [-0.39, 0.29) is 17.8 Å². The molecule has 0 saturated heterocycles. The summed E-state index contributed by atoms with van der Waals surface area (Å²) in [7, 11) is 1.32. The van der Waals surface area contributed by atoms with Gasteiger partial charge in [0.15, 0.2) is 0 Å². The van der Waals surface area contributed by atoms with Gasteiger partial charge in [-0.25, -0.2) is 4.79 Å². The first-order chi connectivity index (χ1) is 15.1. The quantitative estimate of drug-likeness (QED) is 0.402. The number of hydrogen-bond donors (Lipinski definition) is 0. The molecule has 1 aliphatic rings. The van der Waals surface area contributed by atoms with E-state index < -0.39 is 5.97 Å². The lowest BCUT2D eigenvalue weighted by Gasteiger charge is -2.18. The molecule has 2 aromatic carbocycles. The van der Waals surface area contributed by atoms with Crippen LogP contribution in [0, 0.1) is 0 Å². The zero-order valence-corrected chi connectivity index (χ0v) is 18.3. The summed E-state index contributed by atoms with van der Waals surface area (Å²) in [6, 6.07) is 12.9. The lowest BCUT2D eigenvalue weighted by atomic mass is 9.98.